The summed E-state index contributed by atoms with van der Waals surface area (Å²) in [5.74, 6) is 0.611. The van der Waals surface area contributed by atoms with Crippen LogP contribution in [-0.4, -0.2) is 16.9 Å². The zero-order valence-corrected chi connectivity index (χ0v) is 11.5. The minimum atomic E-state index is 0.350. The number of alkyl halides is 1. The zero-order valence-electron chi connectivity index (χ0n) is 9.92. The Kier molecular flexibility index (Phi) is 4.09. The molecule has 4 heteroatoms. The quantitative estimate of drug-likeness (QED) is 0.830. The fourth-order valence-electron chi connectivity index (χ4n) is 2.16. The van der Waals surface area contributed by atoms with Gasteiger partial charge in [-0.2, -0.15) is 0 Å². The first-order valence-corrected chi connectivity index (χ1v) is 7.24. The maximum Gasteiger partial charge on any atom is 0.183 e. The van der Waals surface area contributed by atoms with Gasteiger partial charge in [-0.25, -0.2) is 4.98 Å². The first-order valence-electron chi connectivity index (χ1n) is 5.99. The maximum atomic E-state index is 6.33. The molecule has 16 heavy (non-hydrogen) atoms. The van der Waals surface area contributed by atoms with Crippen molar-refractivity contribution in [3.63, 3.8) is 0 Å². The minimum Gasteiger partial charge on any atom is -0.361 e. The number of aromatic nitrogens is 1. The van der Waals surface area contributed by atoms with Crippen LogP contribution in [0.1, 0.15) is 36.3 Å². The molecule has 2 atom stereocenters. The molecule has 0 radical (unpaired) electrons. The van der Waals surface area contributed by atoms with E-state index in [0.717, 1.165) is 17.4 Å². The standard InChI is InChI=1S/C12H19ClN2S/c1-8-9(2)16-12(15-8)14-7-10-5-3-4-6-11(10)13/h10-11H,3-7H2,1-2H3,(H,14,15). The van der Waals surface area contributed by atoms with E-state index < -0.39 is 0 Å². The Balaban J connectivity index is 1.86. The number of anilines is 1. The van der Waals surface area contributed by atoms with Gasteiger partial charge in [0.15, 0.2) is 5.13 Å². The van der Waals surface area contributed by atoms with Crippen LogP contribution in [0.5, 0.6) is 0 Å². The number of halogens is 1. The van der Waals surface area contributed by atoms with E-state index in [0.29, 0.717) is 11.3 Å². The number of aryl methyl sites for hydroxylation is 2. The summed E-state index contributed by atoms with van der Waals surface area (Å²) in [6, 6.07) is 0. The highest BCUT2D eigenvalue weighted by molar-refractivity contribution is 7.15. The third-order valence-corrected chi connectivity index (χ3v) is 4.97. The third kappa shape index (κ3) is 2.89. The van der Waals surface area contributed by atoms with E-state index in [9.17, 15) is 0 Å². The van der Waals surface area contributed by atoms with Crippen LogP contribution >= 0.6 is 22.9 Å². The van der Waals surface area contributed by atoms with Gasteiger partial charge >= 0.3 is 0 Å². The second-order valence-electron chi connectivity index (χ2n) is 4.60. The SMILES string of the molecule is Cc1nc(NCC2CCCCC2Cl)sc1C. The summed E-state index contributed by atoms with van der Waals surface area (Å²) in [5.41, 5.74) is 1.14. The number of nitrogens with zero attached hydrogens (tertiary/aromatic N) is 1. The van der Waals surface area contributed by atoms with E-state index in [2.05, 4.69) is 24.1 Å². The van der Waals surface area contributed by atoms with Crippen LogP contribution in [0.2, 0.25) is 0 Å². The van der Waals surface area contributed by atoms with Gasteiger partial charge in [0.25, 0.3) is 0 Å². The van der Waals surface area contributed by atoms with Crippen LogP contribution in [-0.2, 0) is 0 Å². The van der Waals surface area contributed by atoms with Crippen molar-refractivity contribution < 1.29 is 0 Å². The second kappa shape index (κ2) is 5.37. The number of nitrogens with one attached hydrogen (secondary N) is 1. The monoisotopic (exact) mass is 258 g/mol. The summed E-state index contributed by atoms with van der Waals surface area (Å²) < 4.78 is 0. The molecule has 1 heterocycles. The molecule has 0 saturated heterocycles. The normalized spacial score (nSPS) is 25.7. The van der Waals surface area contributed by atoms with Gasteiger partial charge in [-0.15, -0.1) is 22.9 Å². The van der Waals surface area contributed by atoms with Crippen molar-refractivity contribution in [1.29, 1.82) is 0 Å². The summed E-state index contributed by atoms with van der Waals surface area (Å²) >= 11 is 8.07. The molecule has 1 aliphatic carbocycles. The Morgan fingerprint density at radius 3 is 2.75 bits per heavy atom. The summed E-state index contributed by atoms with van der Waals surface area (Å²) in [4.78, 5) is 5.78. The smallest absolute Gasteiger partial charge is 0.183 e. The largest absolute Gasteiger partial charge is 0.361 e. The van der Waals surface area contributed by atoms with Crippen molar-refractivity contribution in [3.05, 3.63) is 10.6 Å². The molecule has 2 nitrogen and oxygen atoms in total. The van der Waals surface area contributed by atoms with Gasteiger partial charge < -0.3 is 5.32 Å². The molecular weight excluding hydrogens is 240 g/mol. The lowest BCUT2D eigenvalue weighted by Gasteiger charge is -2.26. The zero-order chi connectivity index (χ0) is 11.5. The Morgan fingerprint density at radius 2 is 2.12 bits per heavy atom. The van der Waals surface area contributed by atoms with Crippen LogP contribution in [0.15, 0.2) is 0 Å². The Hall–Kier alpha value is -0.280. The lowest BCUT2D eigenvalue weighted by Crippen LogP contribution is -2.26. The molecule has 1 aliphatic rings. The molecule has 1 saturated carbocycles. The highest BCUT2D eigenvalue weighted by Gasteiger charge is 2.22. The van der Waals surface area contributed by atoms with Crippen LogP contribution < -0.4 is 5.32 Å². The Labute approximate surface area is 106 Å². The molecule has 2 rings (SSSR count). The first kappa shape index (κ1) is 12.2. The molecule has 1 aromatic heterocycles. The van der Waals surface area contributed by atoms with E-state index >= 15 is 0 Å². The number of hydrogen-bond donors (Lipinski definition) is 1. The molecule has 0 amide bonds. The van der Waals surface area contributed by atoms with Gasteiger partial charge in [0.05, 0.1) is 5.69 Å². The molecule has 90 valence electrons. The first-order chi connectivity index (χ1) is 7.66. The molecule has 0 spiro atoms. The van der Waals surface area contributed by atoms with Gasteiger partial charge in [0.2, 0.25) is 0 Å². The van der Waals surface area contributed by atoms with Crippen molar-refractivity contribution >= 4 is 28.1 Å². The van der Waals surface area contributed by atoms with Crippen molar-refractivity contribution in [1.82, 2.24) is 4.98 Å². The third-order valence-electron chi connectivity index (χ3n) is 3.36. The molecule has 0 aliphatic heterocycles. The van der Waals surface area contributed by atoms with E-state index in [1.165, 1.54) is 30.6 Å². The van der Waals surface area contributed by atoms with E-state index in [1.54, 1.807) is 11.3 Å². The fourth-order valence-corrected chi connectivity index (χ4v) is 3.35. The number of rotatable bonds is 3. The van der Waals surface area contributed by atoms with Crippen molar-refractivity contribution in [3.8, 4) is 0 Å². The van der Waals surface area contributed by atoms with E-state index in [1.807, 2.05) is 0 Å². The van der Waals surface area contributed by atoms with Crippen molar-refractivity contribution in [2.45, 2.75) is 44.9 Å². The van der Waals surface area contributed by atoms with Crippen molar-refractivity contribution in [2.24, 2.45) is 5.92 Å². The topological polar surface area (TPSA) is 24.9 Å². The predicted octanol–water partition coefficient (Wildman–Crippen LogP) is 3.97. The molecule has 2 unspecified atom stereocenters. The molecule has 1 fully saturated rings. The highest BCUT2D eigenvalue weighted by atomic mass is 35.5. The van der Waals surface area contributed by atoms with Gasteiger partial charge in [-0.1, -0.05) is 12.8 Å². The lowest BCUT2D eigenvalue weighted by atomic mass is 9.89. The van der Waals surface area contributed by atoms with Gasteiger partial charge in [0.1, 0.15) is 0 Å². The second-order valence-corrected chi connectivity index (χ2v) is 6.37. The average molecular weight is 259 g/mol. The number of thiazole rings is 1. The van der Waals surface area contributed by atoms with Crippen LogP contribution in [0.4, 0.5) is 5.13 Å². The molecular formula is C12H19ClN2S. The summed E-state index contributed by atoms with van der Waals surface area (Å²) in [6.07, 6.45) is 5.04. The molecule has 1 N–H and O–H groups in total. The van der Waals surface area contributed by atoms with Crippen molar-refractivity contribution in [2.75, 3.05) is 11.9 Å². The van der Waals surface area contributed by atoms with Gasteiger partial charge in [-0.3, -0.25) is 0 Å². The predicted molar refractivity (Wildman–Crippen MR) is 71.7 cm³/mol. The summed E-state index contributed by atoms with van der Waals surface area (Å²) in [5, 5.41) is 4.83. The van der Waals surface area contributed by atoms with Crippen LogP contribution in [0.3, 0.4) is 0 Å². The van der Waals surface area contributed by atoms with E-state index in [4.69, 9.17) is 11.6 Å². The molecule has 0 aromatic carbocycles. The fraction of sp³-hybridized carbons (Fsp3) is 0.750. The van der Waals surface area contributed by atoms with E-state index in [-0.39, 0.29) is 0 Å². The highest BCUT2D eigenvalue weighted by Crippen LogP contribution is 2.29. The average Bonchev–Trinajstić information content (AvgIpc) is 2.57. The lowest BCUT2D eigenvalue weighted by molar-refractivity contribution is 0.380. The Bertz CT molecular complexity index is 331. The molecule has 0 bridgehead atoms. The maximum absolute atomic E-state index is 6.33. The summed E-state index contributed by atoms with van der Waals surface area (Å²) in [7, 11) is 0. The number of hydrogen-bond acceptors (Lipinski definition) is 3. The minimum absolute atomic E-state index is 0.350. The van der Waals surface area contributed by atoms with Gasteiger partial charge in [0, 0.05) is 16.8 Å². The molecule has 1 aromatic rings. The van der Waals surface area contributed by atoms with Gasteiger partial charge in [-0.05, 0) is 32.6 Å². The Morgan fingerprint density at radius 1 is 1.38 bits per heavy atom. The van der Waals surface area contributed by atoms with Crippen LogP contribution in [0, 0.1) is 19.8 Å². The van der Waals surface area contributed by atoms with Crippen LogP contribution in [0.25, 0.3) is 0 Å². The summed E-state index contributed by atoms with van der Waals surface area (Å²) in [6.45, 7) is 5.14.